The highest BCUT2D eigenvalue weighted by atomic mass is 16.5. The molecule has 1 aliphatic rings. The Labute approximate surface area is 139 Å². The van der Waals surface area contributed by atoms with Crippen molar-refractivity contribution in [3.05, 3.63) is 47.7 Å². The minimum absolute atomic E-state index is 0.0133. The molecule has 1 aromatic carbocycles. The molecule has 2 amide bonds. The Morgan fingerprint density at radius 2 is 2.25 bits per heavy atom. The van der Waals surface area contributed by atoms with Crippen LogP contribution in [0.4, 0.5) is 5.69 Å². The second-order valence-corrected chi connectivity index (χ2v) is 5.35. The van der Waals surface area contributed by atoms with Gasteiger partial charge in [-0.05, 0) is 36.8 Å². The molecule has 0 aliphatic carbocycles. The zero-order valence-corrected chi connectivity index (χ0v) is 13.3. The van der Waals surface area contributed by atoms with Crippen LogP contribution in [0, 0.1) is 0 Å². The maximum absolute atomic E-state index is 12.4. The summed E-state index contributed by atoms with van der Waals surface area (Å²) >= 11 is 0. The second-order valence-electron chi connectivity index (χ2n) is 5.35. The van der Waals surface area contributed by atoms with Gasteiger partial charge in [-0.3, -0.25) is 9.59 Å². The standard InChI is InChI=1S/C17H17N3O4/c1-10(19-16(22)12-4-3-7-18-17(12)23-2)11-5-6-14-13(8-11)20-15(21)9-24-14/h3-8,10H,9H2,1-2H3,(H,19,22)(H,20,21)/t10-/m0/s1. The van der Waals surface area contributed by atoms with E-state index < -0.39 is 0 Å². The lowest BCUT2D eigenvalue weighted by Crippen LogP contribution is -2.28. The Balaban J connectivity index is 1.77. The topological polar surface area (TPSA) is 89.5 Å². The van der Waals surface area contributed by atoms with Crippen molar-refractivity contribution in [1.82, 2.24) is 10.3 Å². The molecule has 3 rings (SSSR count). The number of anilines is 1. The van der Waals surface area contributed by atoms with Gasteiger partial charge in [-0.1, -0.05) is 6.07 Å². The molecule has 1 aromatic heterocycles. The quantitative estimate of drug-likeness (QED) is 0.895. The van der Waals surface area contributed by atoms with Crippen LogP contribution in [0.2, 0.25) is 0 Å². The fourth-order valence-corrected chi connectivity index (χ4v) is 2.45. The van der Waals surface area contributed by atoms with E-state index in [1.165, 1.54) is 7.11 Å². The minimum Gasteiger partial charge on any atom is -0.482 e. The SMILES string of the molecule is COc1ncccc1C(=O)N[C@@H](C)c1ccc2c(c1)NC(=O)CO2. The van der Waals surface area contributed by atoms with Gasteiger partial charge in [-0.15, -0.1) is 0 Å². The number of ether oxygens (including phenoxy) is 2. The lowest BCUT2D eigenvalue weighted by atomic mass is 10.1. The first-order valence-corrected chi connectivity index (χ1v) is 7.45. The molecule has 0 unspecified atom stereocenters. The number of hydrogen-bond donors (Lipinski definition) is 2. The summed E-state index contributed by atoms with van der Waals surface area (Å²) in [5, 5.41) is 5.64. The van der Waals surface area contributed by atoms with Crippen LogP contribution >= 0.6 is 0 Å². The zero-order chi connectivity index (χ0) is 17.1. The Morgan fingerprint density at radius 1 is 1.42 bits per heavy atom. The van der Waals surface area contributed by atoms with Gasteiger partial charge in [0, 0.05) is 6.20 Å². The molecule has 7 nitrogen and oxygen atoms in total. The van der Waals surface area contributed by atoms with Gasteiger partial charge in [-0.2, -0.15) is 0 Å². The number of benzene rings is 1. The molecule has 2 heterocycles. The van der Waals surface area contributed by atoms with Gasteiger partial charge in [0.15, 0.2) is 6.61 Å². The van der Waals surface area contributed by atoms with Crippen molar-refractivity contribution in [3.8, 4) is 11.6 Å². The molecular formula is C17H17N3O4. The van der Waals surface area contributed by atoms with E-state index in [4.69, 9.17) is 9.47 Å². The van der Waals surface area contributed by atoms with E-state index in [9.17, 15) is 9.59 Å². The van der Waals surface area contributed by atoms with Crippen LogP contribution in [0.25, 0.3) is 0 Å². The highest BCUT2D eigenvalue weighted by Gasteiger charge is 2.19. The van der Waals surface area contributed by atoms with Gasteiger partial charge in [0.1, 0.15) is 11.3 Å². The van der Waals surface area contributed by atoms with Crippen molar-refractivity contribution in [2.45, 2.75) is 13.0 Å². The number of nitrogens with zero attached hydrogens (tertiary/aromatic N) is 1. The van der Waals surface area contributed by atoms with Crippen molar-refractivity contribution < 1.29 is 19.1 Å². The van der Waals surface area contributed by atoms with Crippen LogP contribution in [0.15, 0.2) is 36.5 Å². The molecule has 0 fully saturated rings. The highest BCUT2D eigenvalue weighted by molar-refractivity contribution is 5.97. The number of amides is 2. The molecule has 2 N–H and O–H groups in total. The van der Waals surface area contributed by atoms with Gasteiger partial charge in [0.25, 0.3) is 11.8 Å². The molecule has 0 spiro atoms. The summed E-state index contributed by atoms with van der Waals surface area (Å²) in [6.07, 6.45) is 1.56. The molecular weight excluding hydrogens is 310 g/mol. The van der Waals surface area contributed by atoms with Crippen molar-refractivity contribution in [3.63, 3.8) is 0 Å². The third-order valence-electron chi connectivity index (χ3n) is 3.69. The molecule has 7 heteroatoms. The van der Waals surface area contributed by atoms with Crippen molar-refractivity contribution in [2.24, 2.45) is 0 Å². The molecule has 0 bridgehead atoms. The number of carbonyl (C=O) groups is 2. The van der Waals surface area contributed by atoms with Gasteiger partial charge in [0.05, 0.1) is 18.8 Å². The lowest BCUT2D eigenvalue weighted by Gasteiger charge is -2.21. The molecule has 24 heavy (non-hydrogen) atoms. The molecule has 1 atom stereocenters. The molecule has 0 radical (unpaired) electrons. The zero-order valence-electron chi connectivity index (χ0n) is 13.3. The van der Waals surface area contributed by atoms with Gasteiger partial charge in [0.2, 0.25) is 5.88 Å². The largest absolute Gasteiger partial charge is 0.482 e. The smallest absolute Gasteiger partial charge is 0.262 e. The first kappa shape index (κ1) is 15.8. The van der Waals surface area contributed by atoms with E-state index in [0.29, 0.717) is 17.0 Å². The Bertz CT molecular complexity index is 791. The van der Waals surface area contributed by atoms with E-state index in [1.807, 2.05) is 13.0 Å². The molecule has 0 saturated heterocycles. The highest BCUT2D eigenvalue weighted by Crippen LogP contribution is 2.30. The Morgan fingerprint density at radius 3 is 3.04 bits per heavy atom. The number of nitrogens with one attached hydrogen (secondary N) is 2. The third kappa shape index (κ3) is 3.15. The summed E-state index contributed by atoms with van der Waals surface area (Å²) in [5.41, 5.74) is 1.81. The van der Waals surface area contributed by atoms with Gasteiger partial charge < -0.3 is 20.1 Å². The number of rotatable bonds is 4. The average molecular weight is 327 g/mol. The van der Waals surface area contributed by atoms with E-state index in [1.54, 1.807) is 30.5 Å². The number of fused-ring (bicyclic) bond motifs is 1. The van der Waals surface area contributed by atoms with Crippen LogP contribution < -0.4 is 20.1 Å². The molecule has 124 valence electrons. The maximum Gasteiger partial charge on any atom is 0.262 e. The summed E-state index contributed by atoms with van der Waals surface area (Å²) < 4.78 is 10.4. The number of pyridine rings is 1. The van der Waals surface area contributed by atoms with Crippen LogP contribution in [-0.2, 0) is 4.79 Å². The first-order valence-electron chi connectivity index (χ1n) is 7.45. The number of carbonyl (C=O) groups excluding carboxylic acids is 2. The molecule has 1 aliphatic heterocycles. The van der Waals surface area contributed by atoms with E-state index in [-0.39, 0.29) is 30.3 Å². The first-order chi connectivity index (χ1) is 11.6. The Hall–Kier alpha value is -3.09. The molecule has 0 saturated carbocycles. The molecule has 2 aromatic rings. The normalized spacial score (nSPS) is 14.0. The second kappa shape index (κ2) is 6.57. The van der Waals surface area contributed by atoms with Crippen molar-refractivity contribution in [1.29, 1.82) is 0 Å². The average Bonchev–Trinajstić information content (AvgIpc) is 2.60. The van der Waals surface area contributed by atoms with E-state index >= 15 is 0 Å². The van der Waals surface area contributed by atoms with Crippen molar-refractivity contribution in [2.75, 3.05) is 19.0 Å². The third-order valence-corrected chi connectivity index (χ3v) is 3.69. The monoisotopic (exact) mass is 327 g/mol. The maximum atomic E-state index is 12.4. The Kier molecular flexibility index (Phi) is 4.33. The van der Waals surface area contributed by atoms with Crippen LogP contribution in [0.5, 0.6) is 11.6 Å². The summed E-state index contributed by atoms with van der Waals surface area (Å²) in [6.45, 7) is 1.87. The number of aromatic nitrogens is 1. The van der Waals surface area contributed by atoms with Crippen LogP contribution in [0.1, 0.15) is 28.9 Å². The lowest BCUT2D eigenvalue weighted by molar-refractivity contribution is -0.118. The predicted octanol–water partition coefficient (Wildman–Crippen LogP) is 1.91. The van der Waals surface area contributed by atoms with Crippen LogP contribution in [-0.4, -0.2) is 30.5 Å². The fourth-order valence-electron chi connectivity index (χ4n) is 2.45. The fraction of sp³-hybridized carbons (Fsp3) is 0.235. The predicted molar refractivity (Wildman–Crippen MR) is 87.2 cm³/mol. The van der Waals surface area contributed by atoms with Gasteiger partial charge >= 0.3 is 0 Å². The van der Waals surface area contributed by atoms with E-state index in [2.05, 4.69) is 15.6 Å². The van der Waals surface area contributed by atoms with E-state index in [0.717, 1.165) is 5.56 Å². The number of methoxy groups -OCH3 is 1. The van der Waals surface area contributed by atoms with Crippen molar-refractivity contribution >= 4 is 17.5 Å². The summed E-state index contributed by atoms with van der Waals surface area (Å²) in [7, 11) is 1.47. The summed E-state index contributed by atoms with van der Waals surface area (Å²) in [5.74, 6) is 0.404. The van der Waals surface area contributed by atoms with Crippen LogP contribution in [0.3, 0.4) is 0 Å². The summed E-state index contributed by atoms with van der Waals surface area (Å²) in [6, 6.07) is 8.46. The minimum atomic E-state index is -0.287. The summed E-state index contributed by atoms with van der Waals surface area (Å²) in [4.78, 5) is 27.9. The van der Waals surface area contributed by atoms with Gasteiger partial charge in [-0.25, -0.2) is 4.98 Å². The number of hydrogen-bond acceptors (Lipinski definition) is 5.